The summed E-state index contributed by atoms with van der Waals surface area (Å²) < 4.78 is 5.98. The van der Waals surface area contributed by atoms with E-state index in [4.69, 9.17) is 4.74 Å². The smallest absolute Gasteiger partial charge is 0.222 e. The van der Waals surface area contributed by atoms with E-state index in [2.05, 4.69) is 41.8 Å². The van der Waals surface area contributed by atoms with E-state index in [0.717, 1.165) is 64.2 Å². The van der Waals surface area contributed by atoms with Crippen LogP contribution < -0.4 is 4.74 Å². The Bertz CT molecular complexity index is 656. The number of hydrogen-bond acceptors (Lipinski definition) is 3. The average Bonchev–Trinajstić information content (AvgIpc) is 3.22. The number of fused-ring (bicyclic) bond motifs is 1. The highest BCUT2D eigenvalue weighted by Gasteiger charge is 2.30. The van der Waals surface area contributed by atoms with Crippen LogP contribution in [0, 0.1) is 5.92 Å². The Morgan fingerprint density at radius 3 is 2.62 bits per heavy atom. The van der Waals surface area contributed by atoms with Gasteiger partial charge in [0.25, 0.3) is 0 Å². The van der Waals surface area contributed by atoms with Crippen LogP contribution in [0.3, 0.4) is 0 Å². The number of likely N-dealkylation sites (tertiary alicyclic amines) is 2. The molecule has 3 aliphatic rings. The summed E-state index contributed by atoms with van der Waals surface area (Å²) in [6.07, 6.45) is 6.44. The molecular formula is C22H32N2O2. The van der Waals surface area contributed by atoms with Crippen molar-refractivity contribution in [3.63, 3.8) is 0 Å². The topological polar surface area (TPSA) is 32.8 Å². The fraction of sp³-hybridized carbons (Fsp3) is 0.682. The maximum atomic E-state index is 12.3. The normalized spacial score (nSPS) is 23.1. The van der Waals surface area contributed by atoms with Crippen molar-refractivity contribution in [2.24, 2.45) is 5.92 Å². The highest BCUT2D eigenvalue weighted by molar-refractivity contribution is 5.76. The fourth-order valence-corrected chi connectivity index (χ4v) is 4.71. The van der Waals surface area contributed by atoms with Gasteiger partial charge in [-0.05, 0) is 75.7 Å². The van der Waals surface area contributed by atoms with Crippen molar-refractivity contribution >= 4 is 5.91 Å². The molecule has 1 aromatic rings. The number of rotatable bonds is 4. The summed E-state index contributed by atoms with van der Waals surface area (Å²) in [4.78, 5) is 17.0. The van der Waals surface area contributed by atoms with Gasteiger partial charge in [-0.3, -0.25) is 9.69 Å². The van der Waals surface area contributed by atoms with Gasteiger partial charge in [0.1, 0.15) is 11.4 Å². The molecule has 0 aliphatic carbocycles. The number of carbonyl (C=O) groups is 1. The minimum atomic E-state index is -0.0683. The van der Waals surface area contributed by atoms with E-state index in [9.17, 15) is 4.79 Å². The van der Waals surface area contributed by atoms with Crippen LogP contribution in [0.5, 0.6) is 5.75 Å². The highest BCUT2D eigenvalue weighted by atomic mass is 16.5. The second-order valence-electron chi connectivity index (χ2n) is 8.99. The monoisotopic (exact) mass is 356 g/mol. The Morgan fingerprint density at radius 2 is 1.88 bits per heavy atom. The fourth-order valence-electron chi connectivity index (χ4n) is 4.71. The van der Waals surface area contributed by atoms with Gasteiger partial charge < -0.3 is 9.64 Å². The first kappa shape index (κ1) is 17.8. The molecule has 1 amide bonds. The third-order valence-electron chi connectivity index (χ3n) is 6.16. The summed E-state index contributed by atoms with van der Waals surface area (Å²) in [5.74, 6) is 2.02. The zero-order valence-corrected chi connectivity index (χ0v) is 16.3. The van der Waals surface area contributed by atoms with Gasteiger partial charge in [-0.1, -0.05) is 12.1 Å². The second-order valence-corrected chi connectivity index (χ2v) is 8.99. The van der Waals surface area contributed by atoms with Crippen LogP contribution in [0.25, 0.3) is 0 Å². The first-order valence-electron chi connectivity index (χ1n) is 10.3. The highest BCUT2D eigenvalue weighted by Crippen LogP contribution is 2.35. The summed E-state index contributed by atoms with van der Waals surface area (Å²) in [6, 6.07) is 6.68. The van der Waals surface area contributed by atoms with Crippen LogP contribution in [0.2, 0.25) is 0 Å². The van der Waals surface area contributed by atoms with E-state index in [-0.39, 0.29) is 5.60 Å². The molecule has 0 bridgehead atoms. The van der Waals surface area contributed by atoms with E-state index in [0.29, 0.717) is 11.8 Å². The van der Waals surface area contributed by atoms with E-state index < -0.39 is 0 Å². The predicted molar refractivity (Wildman–Crippen MR) is 103 cm³/mol. The Balaban J connectivity index is 1.26. The molecule has 4 nitrogen and oxygen atoms in total. The quantitative estimate of drug-likeness (QED) is 0.826. The molecule has 2 saturated heterocycles. The van der Waals surface area contributed by atoms with Gasteiger partial charge in [-0.25, -0.2) is 0 Å². The summed E-state index contributed by atoms with van der Waals surface area (Å²) in [5.41, 5.74) is 2.66. The number of hydrogen-bond donors (Lipinski definition) is 0. The molecule has 1 aromatic carbocycles. The minimum absolute atomic E-state index is 0.0683. The average molecular weight is 357 g/mol. The third-order valence-corrected chi connectivity index (χ3v) is 6.16. The largest absolute Gasteiger partial charge is 0.487 e. The Morgan fingerprint density at radius 1 is 1.15 bits per heavy atom. The molecule has 0 spiro atoms. The molecule has 2 fully saturated rings. The molecule has 142 valence electrons. The zero-order valence-electron chi connectivity index (χ0n) is 16.3. The molecule has 0 aromatic heterocycles. The molecule has 0 N–H and O–H groups in total. The maximum absolute atomic E-state index is 12.3. The summed E-state index contributed by atoms with van der Waals surface area (Å²) in [5, 5.41) is 0. The predicted octanol–water partition coefficient (Wildman–Crippen LogP) is 3.62. The van der Waals surface area contributed by atoms with Gasteiger partial charge in [0, 0.05) is 32.5 Å². The van der Waals surface area contributed by atoms with Crippen LogP contribution in [0.1, 0.15) is 57.1 Å². The number of piperidine rings is 1. The molecule has 26 heavy (non-hydrogen) atoms. The third kappa shape index (κ3) is 4.06. The summed E-state index contributed by atoms with van der Waals surface area (Å²) in [6.45, 7) is 9.50. The Labute approximate surface area is 157 Å². The van der Waals surface area contributed by atoms with Crippen LogP contribution in [-0.4, -0.2) is 47.5 Å². The summed E-state index contributed by atoms with van der Waals surface area (Å²) >= 11 is 0. The number of benzene rings is 1. The van der Waals surface area contributed by atoms with E-state index in [1.807, 2.05) is 0 Å². The Kier molecular flexibility index (Phi) is 4.96. The van der Waals surface area contributed by atoms with E-state index in [1.165, 1.54) is 24.0 Å². The van der Waals surface area contributed by atoms with Crippen LogP contribution in [-0.2, 0) is 17.8 Å². The van der Waals surface area contributed by atoms with Crippen molar-refractivity contribution in [1.29, 1.82) is 0 Å². The minimum Gasteiger partial charge on any atom is -0.487 e. The van der Waals surface area contributed by atoms with Crippen molar-refractivity contribution < 1.29 is 9.53 Å². The molecule has 0 unspecified atom stereocenters. The first-order valence-corrected chi connectivity index (χ1v) is 10.3. The molecule has 3 heterocycles. The molecule has 0 atom stereocenters. The van der Waals surface area contributed by atoms with E-state index >= 15 is 0 Å². The lowest BCUT2D eigenvalue weighted by molar-refractivity contribution is -0.131. The zero-order chi connectivity index (χ0) is 18.1. The second kappa shape index (κ2) is 7.22. The standard InChI is InChI=1S/C22H32N2O2/c1-22(2)15-19-13-18(5-6-20(19)26-22)16-23-11-7-17(8-12-23)14-21(25)24-9-3-4-10-24/h5-6,13,17H,3-4,7-12,14-16H2,1-2H3. The number of carbonyl (C=O) groups excluding carboxylic acids is 1. The maximum Gasteiger partial charge on any atom is 0.222 e. The van der Waals surface area contributed by atoms with E-state index in [1.54, 1.807) is 0 Å². The number of nitrogens with zero attached hydrogens (tertiary/aromatic N) is 2. The molecule has 4 rings (SSSR count). The van der Waals surface area contributed by atoms with Gasteiger partial charge in [-0.2, -0.15) is 0 Å². The van der Waals surface area contributed by atoms with Crippen molar-refractivity contribution in [1.82, 2.24) is 9.80 Å². The van der Waals surface area contributed by atoms with Crippen molar-refractivity contribution in [2.75, 3.05) is 26.2 Å². The van der Waals surface area contributed by atoms with Crippen LogP contribution in [0.4, 0.5) is 0 Å². The molecule has 0 radical (unpaired) electrons. The summed E-state index contributed by atoms with van der Waals surface area (Å²) in [7, 11) is 0. The van der Waals surface area contributed by atoms with Gasteiger partial charge >= 0.3 is 0 Å². The lowest BCUT2D eigenvalue weighted by Crippen LogP contribution is -2.36. The lowest BCUT2D eigenvalue weighted by atomic mass is 9.92. The molecule has 4 heteroatoms. The Hall–Kier alpha value is -1.55. The van der Waals surface area contributed by atoms with Gasteiger partial charge in [0.2, 0.25) is 5.91 Å². The SMILES string of the molecule is CC1(C)Cc2cc(CN3CCC(CC(=O)N4CCCC4)CC3)ccc2O1. The number of amides is 1. The van der Waals surface area contributed by atoms with Gasteiger partial charge in [-0.15, -0.1) is 0 Å². The first-order chi connectivity index (χ1) is 12.5. The van der Waals surface area contributed by atoms with Gasteiger partial charge in [0.05, 0.1) is 0 Å². The van der Waals surface area contributed by atoms with Crippen LogP contribution in [0.15, 0.2) is 18.2 Å². The molecule has 3 aliphatic heterocycles. The van der Waals surface area contributed by atoms with Crippen molar-refractivity contribution in [3.8, 4) is 5.75 Å². The van der Waals surface area contributed by atoms with Crippen molar-refractivity contribution in [2.45, 2.75) is 64.5 Å². The molecular weight excluding hydrogens is 324 g/mol. The number of ether oxygens (including phenoxy) is 1. The van der Waals surface area contributed by atoms with Crippen molar-refractivity contribution in [3.05, 3.63) is 29.3 Å². The van der Waals surface area contributed by atoms with Crippen LogP contribution >= 0.6 is 0 Å². The van der Waals surface area contributed by atoms with Gasteiger partial charge in [0.15, 0.2) is 0 Å². The lowest BCUT2D eigenvalue weighted by Gasteiger charge is -2.32. The molecule has 0 saturated carbocycles.